The Morgan fingerprint density at radius 3 is 2.03 bits per heavy atom. The van der Waals surface area contributed by atoms with Crippen molar-refractivity contribution in [1.82, 2.24) is 0 Å². The summed E-state index contributed by atoms with van der Waals surface area (Å²) in [7, 11) is 0. The minimum absolute atomic E-state index is 0.274. The lowest BCUT2D eigenvalue weighted by atomic mass is 9.64. The minimum Gasteiger partial charge on any atom is -0.352 e. The van der Waals surface area contributed by atoms with Gasteiger partial charge >= 0.3 is 6.18 Å². The molecule has 3 aromatic carbocycles. The molecule has 1 spiro atoms. The average molecular weight is 487 g/mol. The average Bonchev–Trinajstić information content (AvgIpc) is 3.30. The van der Waals surface area contributed by atoms with Crippen LogP contribution in [0.15, 0.2) is 78.9 Å². The Morgan fingerprint density at radius 1 is 0.861 bits per heavy atom. The largest absolute Gasteiger partial charge is 0.416 e. The van der Waals surface area contributed by atoms with Crippen LogP contribution in [0.5, 0.6) is 0 Å². The second-order valence-electron chi connectivity index (χ2n) is 9.50. The minimum atomic E-state index is -4.54. The summed E-state index contributed by atoms with van der Waals surface area (Å²) >= 11 is 0. The Labute approximate surface area is 205 Å². The molecule has 2 aliphatic heterocycles. The molecule has 4 nitrogen and oxygen atoms in total. The van der Waals surface area contributed by atoms with E-state index in [4.69, 9.17) is 0 Å². The Hall–Kier alpha value is -4.00. The second kappa shape index (κ2) is 7.50. The van der Waals surface area contributed by atoms with Crippen LogP contribution >= 0.6 is 0 Å². The van der Waals surface area contributed by atoms with Gasteiger partial charge in [-0.3, -0.25) is 14.4 Å². The topological polar surface area (TPSA) is 54.5 Å². The Balaban J connectivity index is 1.64. The van der Waals surface area contributed by atoms with E-state index in [2.05, 4.69) is 0 Å². The number of hydrogen-bond donors (Lipinski definition) is 0. The summed E-state index contributed by atoms with van der Waals surface area (Å²) in [5.41, 5.74) is -0.101. The van der Waals surface area contributed by atoms with E-state index in [0.717, 1.165) is 17.7 Å². The normalized spacial score (nSPS) is 23.6. The number of anilines is 1. The number of halogens is 3. The van der Waals surface area contributed by atoms with E-state index in [1.165, 1.54) is 19.1 Å². The zero-order valence-corrected chi connectivity index (χ0v) is 19.1. The molecule has 180 valence electrons. The van der Waals surface area contributed by atoms with Crippen molar-refractivity contribution in [2.45, 2.75) is 31.1 Å². The molecule has 1 fully saturated rings. The van der Waals surface area contributed by atoms with Gasteiger partial charge in [-0.25, -0.2) is 0 Å². The number of carbonyl (C=O) groups excluding carboxylic acids is 3. The summed E-state index contributed by atoms with van der Waals surface area (Å²) in [6.45, 7) is 1.40. The van der Waals surface area contributed by atoms with Gasteiger partial charge in [-0.2, -0.15) is 13.2 Å². The summed E-state index contributed by atoms with van der Waals surface area (Å²) in [6, 6.07) is 16.7. The highest BCUT2D eigenvalue weighted by molar-refractivity contribution is 6.32. The number of alkyl halides is 3. The predicted molar refractivity (Wildman–Crippen MR) is 128 cm³/mol. The van der Waals surface area contributed by atoms with Crippen molar-refractivity contribution in [3.05, 3.63) is 107 Å². The van der Waals surface area contributed by atoms with Gasteiger partial charge < -0.3 is 4.90 Å². The van der Waals surface area contributed by atoms with E-state index >= 15 is 0 Å². The number of benzene rings is 3. The lowest BCUT2D eigenvalue weighted by Crippen LogP contribution is -2.48. The van der Waals surface area contributed by atoms with Gasteiger partial charge in [0.2, 0.25) is 0 Å². The fourth-order valence-electron chi connectivity index (χ4n) is 6.32. The van der Waals surface area contributed by atoms with Crippen molar-refractivity contribution < 1.29 is 27.6 Å². The second-order valence-corrected chi connectivity index (χ2v) is 9.50. The van der Waals surface area contributed by atoms with E-state index in [1.54, 1.807) is 30.3 Å². The molecule has 6 rings (SSSR count). The van der Waals surface area contributed by atoms with E-state index in [9.17, 15) is 27.6 Å². The van der Waals surface area contributed by atoms with Crippen LogP contribution in [-0.4, -0.2) is 29.4 Å². The lowest BCUT2D eigenvalue weighted by Gasteiger charge is -2.37. The van der Waals surface area contributed by atoms with Crippen molar-refractivity contribution in [2.75, 3.05) is 4.90 Å². The van der Waals surface area contributed by atoms with E-state index in [1.807, 2.05) is 35.2 Å². The third-order valence-corrected chi connectivity index (χ3v) is 7.73. The molecule has 0 unspecified atom stereocenters. The Kier molecular flexibility index (Phi) is 4.68. The van der Waals surface area contributed by atoms with Crippen LogP contribution in [0.25, 0.3) is 6.08 Å². The molecular formula is C29H20F3NO3. The third kappa shape index (κ3) is 2.80. The molecule has 1 saturated heterocycles. The third-order valence-electron chi connectivity index (χ3n) is 7.73. The van der Waals surface area contributed by atoms with E-state index in [-0.39, 0.29) is 16.9 Å². The zero-order valence-electron chi connectivity index (χ0n) is 19.1. The molecular weight excluding hydrogens is 467 g/mol. The quantitative estimate of drug-likeness (QED) is 0.434. The summed E-state index contributed by atoms with van der Waals surface area (Å²) in [4.78, 5) is 43.5. The van der Waals surface area contributed by atoms with Crippen molar-refractivity contribution in [1.29, 1.82) is 0 Å². The number of carbonyl (C=O) groups is 3. The number of hydrogen-bond acceptors (Lipinski definition) is 4. The number of rotatable bonds is 2. The zero-order chi connectivity index (χ0) is 25.4. The molecule has 0 saturated carbocycles. The van der Waals surface area contributed by atoms with Crippen LogP contribution < -0.4 is 4.90 Å². The Morgan fingerprint density at radius 2 is 1.44 bits per heavy atom. The van der Waals surface area contributed by atoms with Gasteiger partial charge in [-0.15, -0.1) is 0 Å². The first-order valence-electron chi connectivity index (χ1n) is 11.6. The molecule has 3 aliphatic rings. The molecule has 1 aliphatic carbocycles. The summed E-state index contributed by atoms with van der Waals surface area (Å²) in [6.07, 6.45) is -0.918. The van der Waals surface area contributed by atoms with Gasteiger partial charge in [0.25, 0.3) is 0 Å². The number of fused-ring (bicyclic) bond motifs is 5. The summed E-state index contributed by atoms with van der Waals surface area (Å²) in [5.74, 6) is -2.07. The SMILES string of the molecule is CC(=O)[C@@H]1[C@@H](c2ccc(C(F)(F)F)cc2)C2(C(=O)c3ccccc3C2=O)[C@H]2C=Cc3ccccc3N12. The van der Waals surface area contributed by atoms with Crippen molar-refractivity contribution >= 4 is 29.1 Å². The van der Waals surface area contributed by atoms with Crippen LogP contribution in [-0.2, 0) is 11.0 Å². The predicted octanol–water partition coefficient (Wildman–Crippen LogP) is 5.73. The monoisotopic (exact) mass is 487 g/mol. The van der Waals surface area contributed by atoms with Crippen LogP contribution in [0, 0.1) is 5.41 Å². The van der Waals surface area contributed by atoms with Gasteiger partial charge in [0.15, 0.2) is 17.3 Å². The van der Waals surface area contributed by atoms with Crippen LogP contribution in [0.3, 0.4) is 0 Å². The molecule has 2 heterocycles. The lowest BCUT2D eigenvalue weighted by molar-refractivity contribution is -0.137. The van der Waals surface area contributed by atoms with Gasteiger partial charge in [0, 0.05) is 22.7 Å². The summed E-state index contributed by atoms with van der Waals surface area (Å²) in [5, 5.41) is 0. The molecule has 0 radical (unpaired) electrons. The smallest absolute Gasteiger partial charge is 0.352 e. The van der Waals surface area contributed by atoms with Gasteiger partial charge in [0.05, 0.1) is 17.6 Å². The molecule has 0 N–H and O–H groups in total. The van der Waals surface area contributed by atoms with Crippen LogP contribution in [0.2, 0.25) is 0 Å². The highest BCUT2D eigenvalue weighted by Crippen LogP contribution is 2.60. The summed E-state index contributed by atoms with van der Waals surface area (Å²) < 4.78 is 40.0. The van der Waals surface area contributed by atoms with Crippen molar-refractivity contribution in [2.24, 2.45) is 5.41 Å². The molecule has 36 heavy (non-hydrogen) atoms. The fourth-order valence-corrected chi connectivity index (χ4v) is 6.32. The van der Waals surface area contributed by atoms with E-state index in [0.29, 0.717) is 11.3 Å². The first kappa shape index (κ1) is 22.5. The van der Waals surface area contributed by atoms with Gasteiger partial charge in [-0.1, -0.05) is 66.7 Å². The molecule has 0 aromatic heterocycles. The van der Waals surface area contributed by atoms with Crippen molar-refractivity contribution in [3.8, 4) is 0 Å². The molecule has 0 amide bonds. The standard InChI is InChI=1S/C29H20F3NO3/c1-16(34)25-24(18-10-13-19(14-11-18)29(30,31)32)28(26(35)20-7-3-4-8-21(20)27(28)36)23-15-12-17-6-2-5-9-22(17)33(23)25/h2-15,23-25H,1H3/t23-,24-,25-/m1/s1. The highest BCUT2D eigenvalue weighted by Gasteiger charge is 2.71. The number of nitrogens with zero attached hydrogens (tertiary/aromatic N) is 1. The van der Waals surface area contributed by atoms with Crippen LogP contribution in [0.1, 0.15) is 50.2 Å². The van der Waals surface area contributed by atoms with Crippen LogP contribution in [0.4, 0.5) is 18.9 Å². The molecule has 3 aromatic rings. The van der Waals surface area contributed by atoms with Gasteiger partial charge in [-0.05, 0) is 36.2 Å². The number of ketones is 3. The first-order chi connectivity index (χ1) is 17.2. The molecule has 0 bridgehead atoms. The van der Waals surface area contributed by atoms with Crippen molar-refractivity contribution in [3.63, 3.8) is 0 Å². The molecule has 3 atom stereocenters. The first-order valence-corrected chi connectivity index (χ1v) is 11.6. The Bertz CT molecular complexity index is 1440. The maximum atomic E-state index is 14.2. The maximum Gasteiger partial charge on any atom is 0.416 e. The fraction of sp³-hybridized carbons (Fsp3) is 0.207. The number of para-hydroxylation sites is 1. The maximum absolute atomic E-state index is 14.2. The van der Waals surface area contributed by atoms with Gasteiger partial charge in [0.1, 0.15) is 5.41 Å². The highest BCUT2D eigenvalue weighted by atomic mass is 19.4. The number of Topliss-reactive ketones (excluding diaryl/α,β-unsaturated/α-hetero) is 3. The molecule has 7 heteroatoms. The van der Waals surface area contributed by atoms with E-state index < -0.39 is 46.7 Å².